The molecule has 8 nitrogen and oxygen atoms in total. The van der Waals surface area contributed by atoms with Gasteiger partial charge < -0.3 is 20.7 Å². The van der Waals surface area contributed by atoms with Crippen molar-refractivity contribution in [2.24, 2.45) is 0 Å². The lowest BCUT2D eigenvalue weighted by Crippen LogP contribution is -2.63. The molecular weight excluding hydrogens is 478 g/mol. The van der Waals surface area contributed by atoms with Gasteiger partial charge in [-0.25, -0.2) is 4.79 Å². The Morgan fingerprint density at radius 2 is 1.62 bits per heavy atom. The lowest BCUT2D eigenvalue weighted by Gasteiger charge is -2.29. The van der Waals surface area contributed by atoms with Gasteiger partial charge in [0.1, 0.15) is 18.1 Å². The Morgan fingerprint density at radius 1 is 1.00 bits per heavy atom. The van der Waals surface area contributed by atoms with E-state index >= 15 is 0 Å². The maximum Gasteiger partial charge on any atom is 0.328 e. The third kappa shape index (κ3) is 6.16. The van der Waals surface area contributed by atoms with Crippen LogP contribution >= 0.6 is 15.9 Å². The molecule has 0 saturated carbocycles. The Bertz CT molecular complexity index is 998. The number of nitrogens with one attached hydrogen (secondary N) is 3. The maximum atomic E-state index is 12.6. The van der Waals surface area contributed by atoms with E-state index in [-0.39, 0.29) is 18.7 Å². The molecular formula is C23H24BrN3O5. The van der Waals surface area contributed by atoms with Gasteiger partial charge in [-0.15, -0.1) is 0 Å². The minimum Gasteiger partial charge on any atom is -0.467 e. The predicted octanol–water partition coefficient (Wildman–Crippen LogP) is 1.27. The van der Waals surface area contributed by atoms with Gasteiger partial charge in [-0.05, 0) is 17.2 Å². The van der Waals surface area contributed by atoms with Gasteiger partial charge in [0.05, 0.1) is 13.5 Å². The van der Waals surface area contributed by atoms with Crippen molar-refractivity contribution >= 4 is 39.6 Å². The Hall–Kier alpha value is -3.20. The first kappa shape index (κ1) is 23.5. The fraction of sp³-hybridized carbons (Fsp3) is 0.304. The van der Waals surface area contributed by atoms with E-state index in [4.69, 9.17) is 4.74 Å². The summed E-state index contributed by atoms with van der Waals surface area (Å²) in [6, 6.07) is 14.0. The summed E-state index contributed by atoms with van der Waals surface area (Å²) in [5.41, 5.74) is 1.73. The molecule has 3 atom stereocenters. The minimum absolute atomic E-state index is 0.211. The zero-order chi connectivity index (χ0) is 23.1. The van der Waals surface area contributed by atoms with Crippen molar-refractivity contribution in [1.29, 1.82) is 0 Å². The molecule has 2 aromatic rings. The van der Waals surface area contributed by atoms with Crippen molar-refractivity contribution in [3.63, 3.8) is 0 Å². The molecule has 0 unspecified atom stereocenters. The number of amides is 3. The van der Waals surface area contributed by atoms with Crippen LogP contribution in [0.2, 0.25) is 0 Å². The molecule has 1 heterocycles. The van der Waals surface area contributed by atoms with Crippen LogP contribution in [0.5, 0.6) is 0 Å². The first-order valence-electron chi connectivity index (χ1n) is 10.1. The Morgan fingerprint density at radius 3 is 2.31 bits per heavy atom. The summed E-state index contributed by atoms with van der Waals surface area (Å²) in [4.78, 5) is 49.7. The molecule has 3 N–H and O–H groups in total. The van der Waals surface area contributed by atoms with Crippen molar-refractivity contribution in [2.75, 3.05) is 7.11 Å². The zero-order valence-corrected chi connectivity index (χ0v) is 19.1. The summed E-state index contributed by atoms with van der Waals surface area (Å²) in [5, 5.41) is 7.89. The molecule has 0 aromatic heterocycles. The number of carbonyl (C=O) groups is 4. The highest BCUT2D eigenvalue weighted by molar-refractivity contribution is 9.10. The van der Waals surface area contributed by atoms with E-state index in [1.54, 1.807) is 0 Å². The average molecular weight is 502 g/mol. The maximum absolute atomic E-state index is 12.6. The van der Waals surface area contributed by atoms with Crippen LogP contribution < -0.4 is 16.0 Å². The van der Waals surface area contributed by atoms with Gasteiger partial charge in [-0.1, -0.05) is 64.5 Å². The van der Waals surface area contributed by atoms with E-state index in [1.807, 2.05) is 54.6 Å². The number of rotatable bonds is 8. The Labute approximate surface area is 194 Å². The van der Waals surface area contributed by atoms with Crippen LogP contribution in [0.25, 0.3) is 0 Å². The lowest BCUT2D eigenvalue weighted by atomic mass is 10.0. The summed E-state index contributed by atoms with van der Waals surface area (Å²) in [6.45, 7) is 0. The van der Waals surface area contributed by atoms with Crippen molar-refractivity contribution in [2.45, 2.75) is 37.4 Å². The molecule has 1 aliphatic heterocycles. The summed E-state index contributed by atoms with van der Waals surface area (Å²) in [6.07, 6.45) is 0.273. The normalized spacial score (nSPS) is 18.8. The van der Waals surface area contributed by atoms with E-state index in [1.165, 1.54) is 7.11 Å². The van der Waals surface area contributed by atoms with E-state index in [0.717, 1.165) is 15.6 Å². The quantitative estimate of drug-likeness (QED) is 0.471. The SMILES string of the molecule is COC(=O)[C@H](Cc1ccccc1Br)NC(=O)C[C@@H]1NC(=O)[C@H](Cc2ccccc2)NC1=O. The van der Waals surface area contributed by atoms with Crippen LogP contribution in [-0.4, -0.2) is 48.9 Å². The first-order valence-corrected chi connectivity index (χ1v) is 10.9. The fourth-order valence-electron chi connectivity index (χ4n) is 3.47. The van der Waals surface area contributed by atoms with Crippen LogP contribution in [-0.2, 0) is 36.8 Å². The number of carbonyl (C=O) groups excluding carboxylic acids is 4. The van der Waals surface area contributed by atoms with E-state index in [2.05, 4.69) is 31.9 Å². The number of hydrogen-bond donors (Lipinski definition) is 3. The van der Waals surface area contributed by atoms with Gasteiger partial charge in [0.15, 0.2) is 0 Å². The third-order valence-electron chi connectivity index (χ3n) is 5.14. The molecule has 3 rings (SSSR count). The molecule has 1 aliphatic rings. The smallest absolute Gasteiger partial charge is 0.328 e. The number of halogens is 1. The number of esters is 1. The second-order valence-electron chi connectivity index (χ2n) is 7.45. The van der Waals surface area contributed by atoms with E-state index in [0.29, 0.717) is 6.42 Å². The standard InChI is InChI=1S/C23H24BrN3O5/c1-32-23(31)19(12-15-9-5-6-10-16(15)24)25-20(28)13-18-22(30)26-17(21(29)27-18)11-14-7-3-2-4-8-14/h2-10,17-19H,11-13H2,1H3,(H,25,28)(H,26,30)(H,27,29)/t17-,18-,19-/m0/s1. The van der Waals surface area contributed by atoms with Crippen molar-refractivity contribution < 1.29 is 23.9 Å². The molecule has 9 heteroatoms. The number of benzene rings is 2. The van der Waals surface area contributed by atoms with Gasteiger partial charge in [0.2, 0.25) is 17.7 Å². The van der Waals surface area contributed by atoms with Crippen molar-refractivity contribution in [3.8, 4) is 0 Å². The average Bonchev–Trinajstić information content (AvgIpc) is 2.78. The molecule has 168 valence electrons. The molecule has 0 aliphatic carbocycles. The predicted molar refractivity (Wildman–Crippen MR) is 120 cm³/mol. The topological polar surface area (TPSA) is 114 Å². The van der Waals surface area contributed by atoms with E-state index < -0.39 is 35.9 Å². The molecule has 1 saturated heterocycles. The van der Waals surface area contributed by atoms with Crippen molar-refractivity contribution in [3.05, 3.63) is 70.2 Å². The van der Waals surface area contributed by atoms with Crippen LogP contribution in [0.4, 0.5) is 0 Å². The monoisotopic (exact) mass is 501 g/mol. The second kappa shape index (κ2) is 10.9. The van der Waals surface area contributed by atoms with Crippen LogP contribution in [0.1, 0.15) is 17.5 Å². The lowest BCUT2D eigenvalue weighted by molar-refractivity contribution is -0.145. The van der Waals surface area contributed by atoms with Crippen LogP contribution in [0.15, 0.2) is 59.1 Å². The number of piperazine rings is 1. The Kier molecular flexibility index (Phi) is 7.99. The summed E-state index contributed by atoms with van der Waals surface area (Å²) >= 11 is 3.42. The minimum atomic E-state index is -1.02. The van der Waals surface area contributed by atoms with Crippen LogP contribution in [0.3, 0.4) is 0 Å². The number of ether oxygens (including phenoxy) is 1. The zero-order valence-electron chi connectivity index (χ0n) is 17.5. The van der Waals surface area contributed by atoms with Crippen LogP contribution in [0, 0.1) is 0 Å². The second-order valence-corrected chi connectivity index (χ2v) is 8.31. The van der Waals surface area contributed by atoms with E-state index in [9.17, 15) is 19.2 Å². The molecule has 0 bridgehead atoms. The Balaban J connectivity index is 1.59. The summed E-state index contributed by atoms with van der Waals surface area (Å²) < 4.78 is 5.60. The van der Waals surface area contributed by atoms with Crippen molar-refractivity contribution in [1.82, 2.24) is 16.0 Å². The molecule has 0 radical (unpaired) electrons. The highest BCUT2D eigenvalue weighted by Gasteiger charge is 2.35. The highest BCUT2D eigenvalue weighted by Crippen LogP contribution is 2.18. The summed E-state index contributed by atoms with van der Waals surface area (Å²) in [7, 11) is 1.24. The highest BCUT2D eigenvalue weighted by atomic mass is 79.9. The fourth-order valence-corrected chi connectivity index (χ4v) is 3.92. The van der Waals surface area contributed by atoms with Gasteiger partial charge in [0.25, 0.3) is 0 Å². The molecule has 2 aromatic carbocycles. The van der Waals surface area contributed by atoms with Gasteiger partial charge in [-0.3, -0.25) is 14.4 Å². The molecule has 32 heavy (non-hydrogen) atoms. The first-order chi connectivity index (χ1) is 15.4. The number of methoxy groups -OCH3 is 1. The largest absolute Gasteiger partial charge is 0.467 e. The van der Waals surface area contributed by atoms with Gasteiger partial charge >= 0.3 is 5.97 Å². The van der Waals surface area contributed by atoms with Gasteiger partial charge in [0, 0.05) is 17.3 Å². The van der Waals surface area contributed by atoms with Gasteiger partial charge in [-0.2, -0.15) is 0 Å². The third-order valence-corrected chi connectivity index (χ3v) is 5.91. The molecule has 1 fully saturated rings. The molecule has 3 amide bonds. The summed E-state index contributed by atoms with van der Waals surface area (Å²) in [5.74, 6) is -1.95. The number of hydrogen-bond acceptors (Lipinski definition) is 5. The molecule has 0 spiro atoms.